The molecule has 3 heteroatoms. The second-order valence-electron chi connectivity index (χ2n) is 4.47. The highest BCUT2D eigenvalue weighted by atomic mass is 35.5. The Kier molecular flexibility index (Phi) is 4.22. The van der Waals surface area contributed by atoms with Gasteiger partial charge >= 0.3 is 0 Å². The molecule has 1 heterocycles. The molecule has 0 bridgehead atoms. The molecule has 0 amide bonds. The van der Waals surface area contributed by atoms with Crippen molar-refractivity contribution in [1.82, 2.24) is 5.32 Å². The van der Waals surface area contributed by atoms with E-state index in [1.807, 2.05) is 12.1 Å². The van der Waals surface area contributed by atoms with Crippen LogP contribution in [0.1, 0.15) is 24.0 Å². The van der Waals surface area contributed by atoms with Crippen LogP contribution >= 0.6 is 11.6 Å². The number of aliphatic hydroxyl groups is 1. The van der Waals surface area contributed by atoms with Gasteiger partial charge in [-0.05, 0) is 61.5 Å². The third-order valence-electron chi connectivity index (χ3n) is 3.31. The van der Waals surface area contributed by atoms with Crippen LogP contribution in [0.25, 0.3) is 0 Å². The van der Waals surface area contributed by atoms with Crippen molar-refractivity contribution in [2.45, 2.75) is 25.9 Å². The largest absolute Gasteiger partial charge is 0.392 e. The fraction of sp³-hybridized carbons (Fsp3) is 0.538. The van der Waals surface area contributed by atoms with Crippen LogP contribution in [0, 0.1) is 5.92 Å². The number of hydrogen-bond donors (Lipinski definition) is 2. The molecule has 16 heavy (non-hydrogen) atoms. The van der Waals surface area contributed by atoms with E-state index in [-0.39, 0.29) is 6.61 Å². The van der Waals surface area contributed by atoms with Gasteiger partial charge in [-0.15, -0.1) is 0 Å². The first kappa shape index (κ1) is 11.9. The van der Waals surface area contributed by atoms with Crippen molar-refractivity contribution in [3.8, 4) is 0 Å². The Morgan fingerprint density at radius 2 is 2.00 bits per heavy atom. The van der Waals surface area contributed by atoms with Gasteiger partial charge < -0.3 is 10.4 Å². The van der Waals surface area contributed by atoms with E-state index in [4.69, 9.17) is 11.6 Å². The summed E-state index contributed by atoms with van der Waals surface area (Å²) in [4.78, 5) is 0. The lowest BCUT2D eigenvalue weighted by Gasteiger charge is -2.23. The first-order chi connectivity index (χ1) is 7.79. The van der Waals surface area contributed by atoms with Crippen LogP contribution in [0.3, 0.4) is 0 Å². The standard InChI is InChI=1S/C13H18ClNO/c14-13-2-1-11(12(8-13)9-16)7-10-3-5-15-6-4-10/h1-2,8,10,15-16H,3-7,9H2. The molecule has 0 spiro atoms. The zero-order valence-corrected chi connectivity index (χ0v) is 10.1. The van der Waals surface area contributed by atoms with E-state index >= 15 is 0 Å². The fourth-order valence-electron chi connectivity index (χ4n) is 2.34. The van der Waals surface area contributed by atoms with Crippen LogP contribution in [0.5, 0.6) is 0 Å². The average Bonchev–Trinajstić information content (AvgIpc) is 2.33. The van der Waals surface area contributed by atoms with Crippen LogP contribution < -0.4 is 5.32 Å². The van der Waals surface area contributed by atoms with Crippen molar-refractivity contribution in [3.63, 3.8) is 0 Å². The molecule has 1 saturated heterocycles. The second-order valence-corrected chi connectivity index (χ2v) is 4.91. The summed E-state index contributed by atoms with van der Waals surface area (Å²) in [6.45, 7) is 2.32. The SMILES string of the molecule is OCc1cc(Cl)ccc1CC1CCNCC1. The van der Waals surface area contributed by atoms with Crippen LogP contribution in [0.15, 0.2) is 18.2 Å². The van der Waals surface area contributed by atoms with Crippen molar-refractivity contribution in [1.29, 1.82) is 0 Å². The third kappa shape index (κ3) is 2.97. The lowest BCUT2D eigenvalue weighted by atomic mass is 9.89. The van der Waals surface area contributed by atoms with Gasteiger partial charge in [0.05, 0.1) is 6.61 Å². The van der Waals surface area contributed by atoms with E-state index in [9.17, 15) is 5.11 Å². The molecule has 0 aliphatic carbocycles. The van der Waals surface area contributed by atoms with E-state index in [2.05, 4.69) is 11.4 Å². The maximum atomic E-state index is 9.30. The van der Waals surface area contributed by atoms with Crippen molar-refractivity contribution in [2.24, 2.45) is 5.92 Å². The number of piperidine rings is 1. The summed E-state index contributed by atoms with van der Waals surface area (Å²) in [6, 6.07) is 5.84. The number of rotatable bonds is 3. The zero-order valence-electron chi connectivity index (χ0n) is 9.38. The molecule has 0 radical (unpaired) electrons. The number of halogens is 1. The fourth-order valence-corrected chi connectivity index (χ4v) is 2.53. The maximum absolute atomic E-state index is 9.30. The predicted molar refractivity (Wildman–Crippen MR) is 66.7 cm³/mol. The summed E-state index contributed by atoms with van der Waals surface area (Å²) >= 11 is 5.92. The van der Waals surface area contributed by atoms with E-state index in [1.54, 1.807) is 0 Å². The summed E-state index contributed by atoms with van der Waals surface area (Å²) in [5.41, 5.74) is 2.23. The molecule has 0 atom stereocenters. The normalized spacial score (nSPS) is 17.6. The predicted octanol–water partition coefficient (Wildman–Crippen LogP) is 2.37. The minimum Gasteiger partial charge on any atom is -0.392 e. The summed E-state index contributed by atoms with van der Waals surface area (Å²) in [5, 5.41) is 13.4. The van der Waals surface area contributed by atoms with Gasteiger partial charge in [0.2, 0.25) is 0 Å². The minimum absolute atomic E-state index is 0.0842. The Hall–Kier alpha value is -0.570. The smallest absolute Gasteiger partial charge is 0.0685 e. The summed E-state index contributed by atoms with van der Waals surface area (Å²) < 4.78 is 0. The van der Waals surface area contributed by atoms with E-state index in [0.29, 0.717) is 5.02 Å². The van der Waals surface area contributed by atoms with Crippen molar-refractivity contribution < 1.29 is 5.11 Å². The van der Waals surface area contributed by atoms with Crippen LogP contribution in [-0.4, -0.2) is 18.2 Å². The van der Waals surface area contributed by atoms with Gasteiger partial charge in [0.15, 0.2) is 0 Å². The Bertz CT molecular complexity index is 348. The minimum atomic E-state index is 0.0842. The first-order valence-electron chi connectivity index (χ1n) is 5.88. The van der Waals surface area contributed by atoms with Crippen LogP contribution in [0.4, 0.5) is 0 Å². The van der Waals surface area contributed by atoms with E-state index in [0.717, 1.165) is 31.0 Å². The molecule has 0 unspecified atom stereocenters. The first-order valence-corrected chi connectivity index (χ1v) is 6.26. The van der Waals surface area contributed by atoms with Gasteiger partial charge in [0.1, 0.15) is 0 Å². The van der Waals surface area contributed by atoms with Crippen molar-refractivity contribution in [3.05, 3.63) is 34.3 Å². The average molecular weight is 240 g/mol. The Morgan fingerprint density at radius 1 is 1.25 bits per heavy atom. The van der Waals surface area contributed by atoms with Crippen molar-refractivity contribution in [2.75, 3.05) is 13.1 Å². The van der Waals surface area contributed by atoms with E-state index < -0.39 is 0 Å². The molecule has 1 aliphatic heterocycles. The molecule has 0 saturated carbocycles. The Morgan fingerprint density at radius 3 is 2.69 bits per heavy atom. The quantitative estimate of drug-likeness (QED) is 0.849. The van der Waals surface area contributed by atoms with Gasteiger partial charge in [-0.1, -0.05) is 17.7 Å². The lowest BCUT2D eigenvalue weighted by Crippen LogP contribution is -2.28. The van der Waals surface area contributed by atoms with Gasteiger partial charge in [0.25, 0.3) is 0 Å². The molecule has 1 fully saturated rings. The molecule has 0 aromatic heterocycles. The molecule has 1 aromatic rings. The van der Waals surface area contributed by atoms with Gasteiger partial charge in [0, 0.05) is 5.02 Å². The Labute approximate surface area is 102 Å². The molecule has 2 rings (SSSR count). The monoisotopic (exact) mass is 239 g/mol. The highest BCUT2D eigenvalue weighted by molar-refractivity contribution is 6.30. The molecular weight excluding hydrogens is 222 g/mol. The summed E-state index contributed by atoms with van der Waals surface area (Å²) in [5.74, 6) is 0.743. The van der Waals surface area contributed by atoms with E-state index in [1.165, 1.54) is 18.4 Å². The molecular formula is C13H18ClNO. The lowest BCUT2D eigenvalue weighted by molar-refractivity contribution is 0.279. The third-order valence-corrected chi connectivity index (χ3v) is 3.54. The zero-order chi connectivity index (χ0) is 11.4. The molecule has 2 nitrogen and oxygen atoms in total. The Balaban J connectivity index is 2.07. The highest BCUT2D eigenvalue weighted by Gasteiger charge is 2.15. The summed E-state index contributed by atoms with van der Waals surface area (Å²) in [6.07, 6.45) is 3.52. The van der Waals surface area contributed by atoms with Gasteiger partial charge in [-0.25, -0.2) is 0 Å². The summed E-state index contributed by atoms with van der Waals surface area (Å²) in [7, 11) is 0. The van der Waals surface area contributed by atoms with Crippen LogP contribution in [-0.2, 0) is 13.0 Å². The van der Waals surface area contributed by atoms with Gasteiger partial charge in [-0.3, -0.25) is 0 Å². The number of benzene rings is 1. The highest BCUT2D eigenvalue weighted by Crippen LogP contribution is 2.23. The van der Waals surface area contributed by atoms with Crippen molar-refractivity contribution >= 4 is 11.6 Å². The number of hydrogen-bond acceptors (Lipinski definition) is 2. The number of nitrogens with one attached hydrogen (secondary N) is 1. The topological polar surface area (TPSA) is 32.3 Å². The van der Waals surface area contributed by atoms with Gasteiger partial charge in [-0.2, -0.15) is 0 Å². The molecule has 1 aliphatic rings. The number of aliphatic hydroxyl groups excluding tert-OH is 1. The van der Waals surface area contributed by atoms with Crippen LogP contribution in [0.2, 0.25) is 5.02 Å². The molecule has 2 N–H and O–H groups in total. The molecule has 1 aromatic carbocycles. The second kappa shape index (κ2) is 5.67. The maximum Gasteiger partial charge on any atom is 0.0685 e. The molecule has 88 valence electrons.